The smallest absolute Gasteiger partial charge is 0.408 e. The fourth-order valence-electron chi connectivity index (χ4n) is 9.12. The van der Waals surface area contributed by atoms with Gasteiger partial charge in [0, 0.05) is 24.9 Å². The monoisotopic (exact) mass is 706 g/mol. The van der Waals surface area contributed by atoms with Crippen molar-refractivity contribution in [3.05, 3.63) is 25.3 Å². The molecule has 0 aromatic heterocycles. The van der Waals surface area contributed by atoms with Crippen LogP contribution in [0.2, 0.25) is 0 Å². The number of hydrogen-bond donors (Lipinski definition) is 3. The summed E-state index contributed by atoms with van der Waals surface area (Å²) in [5.41, 5.74) is -1.21. The van der Waals surface area contributed by atoms with Gasteiger partial charge >= 0.3 is 6.09 Å². The van der Waals surface area contributed by atoms with E-state index in [1.807, 2.05) is 20.8 Å². The molecule has 6 aliphatic rings. The molecule has 5 unspecified atom stereocenters. The van der Waals surface area contributed by atoms with Crippen molar-refractivity contribution in [1.82, 2.24) is 20.9 Å². The number of unbranched alkanes of at least 4 members (excludes halogenated alkanes) is 2. The number of piperidine rings is 1. The molecule has 1 heterocycles. The van der Waals surface area contributed by atoms with Gasteiger partial charge in [-0.3, -0.25) is 19.2 Å². The summed E-state index contributed by atoms with van der Waals surface area (Å²) in [6.07, 6.45) is 11.8. The maximum Gasteiger partial charge on any atom is 0.408 e. The molecule has 0 spiro atoms. The Kier molecular flexibility index (Phi) is 11.0. The number of rotatable bonds is 15. The number of alkyl carbamates (subject to hydrolysis) is 1. The van der Waals surface area contributed by atoms with Crippen molar-refractivity contribution in [2.45, 2.75) is 119 Å². The lowest BCUT2D eigenvalue weighted by Crippen LogP contribution is -2.61. The van der Waals surface area contributed by atoms with Crippen molar-refractivity contribution >= 4 is 52.8 Å². The van der Waals surface area contributed by atoms with E-state index < -0.39 is 69.0 Å². The van der Waals surface area contributed by atoms with Gasteiger partial charge in [0.05, 0.1) is 6.04 Å². The predicted octanol–water partition coefficient (Wildman–Crippen LogP) is 5.22. The maximum absolute atomic E-state index is 14.3. The van der Waals surface area contributed by atoms with Crippen LogP contribution in [0.5, 0.6) is 0 Å². The van der Waals surface area contributed by atoms with Gasteiger partial charge in [-0.05, 0) is 93.8 Å². The number of halogens is 2. The van der Waals surface area contributed by atoms with Crippen molar-refractivity contribution in [2.75, 3.05) is 13.1 Å². The Labute approximate surface area is 294 Å². The number of likely N-dealkylation sites (tertiary alicyclic amines) is 1. The molecule has 48 heavy (non-hydrogen) atoms. The van der Waals surface area contributed by atoms with E-state index in [4.69, 9.17) is 27.9 Å². The van der Waals surface area contributed by atoms with Crippen LogP contribution in [-0.4, -0.2) is 75.6 Å². The molecular formula is C36H52Cl2N4O6. The molecule has 0 aromatic carbocycles. The third kappa shape index (κ3) is 7.74. The van der Waals surface area contributed by atoms with Crippen molar-refractivity contribution in [2.24, 2.45) is 35.0 Å². The zero-order chi connectivity index (χ0) is 35.0. The summed E-state index contributed by atoms with van der Waals surface area (Å²) < 4.78 is 4.96. The van der Waals surface area contributed by atoms with E-state index in [9.17, 15) is 24.0 Å². The third-order valence-electron chi connectivity index (χ3n) is 11.2. The van der Waals surface area contributed by atoms with Crippen molar-refractivity contribution in [3.63, 3.8) is 0 Å². The highest BCUT2D eigenvalue weighted by atomic mass is 35.5. The SMILES string of the molecule is C=CCCCCNC(=O)C(=O)C(CCC=C)NC(=O)C1C2C(CN1C(=O)C(NC(=O)OC13CC4CC(CC(C4)C1)C3)C(C)(C)C)C2(Cl)Cl. The molecule has 6 fully saturated rings. The maximum atomic E-state index is 14.3. The summed E-state index contributed by atoms with van der Waals surface area (Å²) in [6, 6.07) is -3.23. The minimum Gasteiger partial charge on any atom is -0.443 e. The first-order valence-electron chi connectivity index (χ1n) is 17.6. The highest BCUT2D eigenvalue weighted by Gasteiger charge is 2.74. The van der Waals surface area contributed by atoms with Crippen LogP contribution in [0.3, 0.4) is 0 Å². The Balaban J connectivity index is 1.28. The molecule has 12 heteroatoms. The normalized spacial score (nSPS) is 32.0. The van der Waals surface area contributed by atoms with Crippen LogP contribution in [0.1, 0.15) is 91.4 Å². The molecule has 0 aromatic rings. The lowest BCUT2D eigenvalue weighted by molar-refractivity contribution is -0.146. The summed E-state index contributed by atoms with van der Waals surface area (Å²) in [5.74, 6) is -1.81. The van der Waals surface area contributed by atoms with Gasteiger partial charge in [-0.2, -0.15) is 0 Å². The number of ether oxygens (including phenoxy) is 1. The van der Waals surface area contributed by atoms with Crippen LogP contribution in [0, 0.1) is 35.0 Å². The second-order valence-corrected chi connectivity index (χ2v) is 17.5. The first-order chi connectivity index (χ1) is 22.6. The van der Waals surface area contributed by atoms with Crippen LogP contribution in [0.25, 0.3) is 0 Å². The highest BCUT2D eigenvalue weighted by Crippen LogP contribution is 2.65. The minimum atomic E-state index is -1.22. The van der Waals surface area contributed by atoms with Crippen molar-refractivity contribution < 1.29 is 28.7 Å². The topological polar surface area (TPSA) is 134 Å². The van der Waals surface area contributed by atoms with Gasteiger partial charge in [0.25, 0.3) is 5.91 Å². The number of allylic oxidation sites excluding steroid dienone is 2. The third-order valence-corrected chi connectivity index (χ3v) is 12.3. The van der Waals surface area contributed by atoms with Crippen LogP contribution in [-0.2, 0) is 23.9 Å². The number of carbonyl (C=O) groups is 5. The van der Waals surface area contributed by atoms with Crippen LogP contribution < -0.4 is 16.0 Å². The van der Waals surface area contributed by atoms with Gasteiger partial charge in [0.1, 0.15) is 22.0 Å². The minimum absolute atomic E-state index is 0.114. The second-order valence-electron chi connectivity index (χ2n) is 16.0. The number of nitrogens with zero attached hydrogens (tertiary/aromatic N) is 1. The molecule has 4 bridgehead atoms. The summed E-state index contributed by atoms with van der Waals surface area (Å²) in [5, 5.41) is 8.25. The van der Waals surface area contributed by atoms with Gasteiger partial charge in [-0.15, -0.1) is 36.4 Å². The van der Waals surface area contributed by atoms with E-state index >= 15 is 0 Å². The summed E-state index contributed by atoms with van der Waals surface area (Å²) in [6.45, 7) is 13.4. The summed E-state index contributed by atoms with van der Waals surface area (Å²) >= 11 is 13.2. The van der Waals surface area contributed by atoms with E-state index in [2.05, 4.69) is 29.1 Å². The average molecular weight is 708 g/mol. The fourth-order valence-corrected chi connectivity index (χ4v) is 9.95. The zero-order valence-corrected chi connectivity index (χ0v) is 30.0. The largest absolute Gasteiger partial charge is 0.443 e. The average Bonchev–Trinajstić information content (AvgIpc) is 3.31. The molecule has 5 saturated carbocycles. The van der Waals surface area contributed by atoms with Crippen molar-refractivity contribution in [3.8, 4) is 0 Å². The second kappa shape index (κ2) is 14.3. The molecule has 266 valence electrons. The summed E-state index contributed by atoms with van der Waals surface area (Å²) in [4.78, 5) is 69.2. The van der Waals surface area contributed by atoms with E-state index in [0.717, 1.165) is 32.1 Å². The number of Topliss-reactive ketones (excluding diaryl/α,β-unsaturated/α-hetero) is 1. The molecule has 1 saturated heterocycles. The fraction of sp³-hybridized carbons (Fsp3) is 0.750. The van der Waals surface area contributed by atoms with E-state index in [0.29, 0.717) is 37.1 Å². The molecule has 10 nitrogen and oxygen atoms in total. The molecule has 6 rings (SSSR count). The van der Waals surface area contributed by atoms with Crippen LogP contribution >= 0.6 is 23.2 Å². The Bertz CT molecular complexity index is 1280. The zero-order valence-electron chi connectivity index (χ0n) is 28.5. The number of nitrogens with one attached hydrogen (secondary N) is 3. The first kappa shape index (κ1) is 36.7. The van der Waals surface area contributed by atoms with E-state index in [1.165, 1.54) is 24.2 Å². The van der Waals surface area contributed by atoms with Gasteiger partial charge in [-0.1, -0.05) is 32.9 Å². The molecule has 1 aliphatic heterocycles. The van der Waals surface area contributed by atoms with E-state index in [1.54, 1.807) is 12.2 Å². The number of alkyl halides is 2. The summed E-state index contributed by atoms with van der Waals surface area (Å²) in [7, 11) is 0. The number of amides is 4. The van der Waals surface area contributed by atoms with Crippen LogP contribution in [0.15, 0.2) is 25.3 Å². The number of hydrogen-bond acceptors (Lipinski definition) is 6. The molecule has 5 atom stereocenters. The Morgan fingerprint density at radius 2 is 1.54 bits per heavy atom. The number of fused-ring (bicyclic) bond motifs is 1. The number of carbonyl (C=O) groups excluding carboxylic acids is 5. The predicted molar refractivity (Wildman–Crippen MR) is 184 cm³/mol. The van der Waals surface area contributed by atoms with Crippen LogP contribution in [0.4, 0.5) is 4.79 Å². The molecular weight excluding hydrogens is 655 g/mol. The van der Waals surface area contributed by atoms with Gasteiger partial charge in [0.2, 0.25) is 17.6 Å². The van der Waals surface area contributed by atoms with Gasteiger partial charge in [-0.25, -0.2) is 4.79 Å². The standard InChI is InChI=1S/C36H52Cl2N4O6/c1-6-8-10-11-13-39-31(45)28(43)25(12-9-7-2)40-30(44)27-26-24(36(26,37)38)20-42(27)32(46)29(34(3,4)5)41-33(47)48-35-17-21-14-22(18-35)16-23(15-21)19-35/h6-7,21-27,29H,1-2,8-20H2,3-5H3,(H,39,45)(H,40,44)(H,41,47). The lowest BCUT2D eigenvalue weighted by Gasteiger charge is -2.55. The Morgan fingerprint density at radius 1 is 0.938 bits per heavy atom. The molecule has 3 N–H and O–H groups in total. The first-order valence-corrected chi connectivity index (χ1v) is 18.4. The molecule has 5 aliphatic carbocycles. The molecule has 0 radical (unpaired) electrons. The Hall–Kier alpha value is -2.59. The Morgan fingerprint density at radius 3 is 2.10 bits per heavy atom. The molecule has 4 amide bonds. The van der Waals surface area contributed by atoms with Crippen molar-refractivity contribution in [1.29, 1.82) is 0 Å². The quantitative estimate of drug-likeness (QED) is 0.0926. The van der Waals surface area contributed by atoms with Gasteiger partial charge in [0.15, 0.2) is 0 Å². The lowest BCUT2D eigenvalue weighted by atomic mass is 9.54. The van der Waals surface area contributed by atoms with E-state index in [-0.39, 0.29) is 18.9 Å². The highest BCUT2D eigenvalue weighted by molar-refractivity contribution is 6.51. The van der Waals surface area contributed by atoms with Gasteiger partial charge < -0.3 is 25.6 Å². The number of ketones is 1.